The molecule has 0 bridgehead atoms. The zero-order valence-corrected chi connectivity index (χ0v) is 15.4. The average molecular weight is 347 g/mol. The number of carbonyl (C=O) groups excluding carboxylic acids is 1. The van der Waals surface area contributed by atoms with Gasteiger partial charge >= 0.3 is 0 Å². The maximum absolute atomic E-state index is 11.7. The van der Waals surface area contributed by atoms with E-state index in [0.29, 0.717) is 12.5 Å². The lowest BCUT2D eigenvalue weighted by molar-refractivity contribution is -0.131. The summed E-state index contributed by atoms with van der Waals surface area (Å²) in [6, 6.07) is 6.18. The quantitative estimate of drug-likeness (QED) is 0.884. The van der Waals surface area contributed by atoms with Crippen molar-refractivity contribution in [3.8, 4) is 11.5 Å². The third-order valence-corrected chi connectivity index (χ3v) is 5.33. The molecule has 0 radical (unpaired) electrons. The van der Waals surface area contributed by atoms with Crippen LogP contribution in [0.25, 0.3) is 0 Å². The highest BCUT2D eigenvalue weighted by atomic mass is 16.5. The number of benzene rings is 1. The molecule has 1 heterocycles. The van der Waals surface area contributed by atoms with Gasteiger partial charge in [-0.25, -0.2) is 0 Å². The van der Waals surface area contributed by atoms with E-state index in [0.717, 1.165) is 36.3 Å². The fourth-order valence-electron chi connectivity index (χ4n) is 4.23. The molecule has 1 saturated carbocycles. The summed E-state index contributed by atoms with van der Waals surface area (Å²) >= 11 is 0. The van der Waals surface area contributed by atoms with E-state index >= 15 is 0 Å². The lowest BCUT2D eigenvalue weighted by atomic mass is 9.76. The molecule has 0 aromatic heterocycles. The van der Waals surface area contributed by atoms with E-state index in [2.05, 4.69) is 5.32 Å². The highest BCUT2D eigenvalue weighted by Crippen LogP contribution is 2.42. The predicted molar refractivity (Wildman–Crippen MR) is 96.0 cm³/mol. The Morgan fingerprint density at radius 1 is 1.28 bits per heavy atom. The lowest BCUT2D eigenvalue weighted by Crippen LogP contribution is -2.50. The van der Waals surface area contributed by atoms with Crippen molar-refractivity contribution in [1.29, 1.82) is 0 Å². The van der Waals surface area contributed by atoms with Gasteiger partial charge in [0.25, 0.3) is 0 Å². The molecule has 1 aromatic rings. The van der Waals surface area contributed by atoms with E-state index in [1.54, 1.807) is 14.0 Å². The molecule has 1 aliphatic carbocycles. The molecule has 138 valence electrons. The van der Waals surface area contributed by atoms with Gasteiger partial charge in [-0.15, -0.1) is 0 Å². The van der Waals surface area contributed by atoms with Crippen molar-refractivity contribution >= 4 is 5.91 Å². The molecule has 1 saturated heterocycles. The third-order valence-electron chi connectivity index (χ3n) is 5.33. The molecule has 1 aromatic carbocycles. The third kappa shape index (κ3) is 4.09. The molecule has 2 aliphatic rings. The first kappa shape index (κ1) is 18.1. The van der Waals surface area contributed by atoms with Gasteiger partial charge in [0.1, 0.15) is 0 Å². The number of ether oxygens (including phenoxy) is 3. The van der Waals surface area contributed by atoms with Gasteiger partial charge in [0.15, 0.2) is 11.5 Å². The smallest absolute Gasteiger partial charge is 0.217 e. The molecule has 1 N–H and O–H groups in total. The Bertz CT molecular complexity index is 603. The number of methoxy groups -OCH3 is 1. The SMILES string of the molecule is CCOc1ccc([C@H]2C[C@@H](NC(C)=O)[C@@H]3CCCC[C@H]3O2)cc1OC. The molecule has 0 spiro atoms. The molecular formula is C20H29NO4. The van der Waals surface area contributed by atoms with Crippen LogP contribution in [-0.4, -0.2) is 31.8 Å². The second-order valence-corrected chi connectivity index (χ2v) is 7.00. The van der Waals surface area contributed by atoms with Crippen molar-refractivity contribution in [2.45, 2.75) is 64.2 Å². The van der Waals surface area contributed by atoms with Crippen LogP contribution in [0, 0.1) is 5.92 Å². The average Bonchev–Trinajstić information content (AvgIpc) is 2.61. The molecule has 1 aliphatic heterocycles. The Morgan fingerprint density at radius 3 is 2.80 bits per heavy atom. The largest absolute Gasteiger partial charge is 0.493 e. The van der Waals surface area contributed by atoms with Gasteiger partial charge in [0.05, 0.1) is 25.9 Å². The molecule has 5 nitrogen and oxygen atoms in total. The van der Waals surface area contributed by atoms with Crippen LogP contribution in [0.3, 0.4) is 0 Å². The van der Waals surface area contributed by atoms with Crippen LogP contribution in [0.5, 0.6) is 11.5 Å². The van der Waals surface area contributed by atoms with Crippen LogP contribution in [0.4, 0.5) is 0 Å². The number of rotatable bonds is 5. The van der Waals surface area contributed by atoms with Crippen LogP contribution in [0.1, 0.15) is 57.6 Å². The van der Waals surface area contributed by atoms with Crippen molar-refractivity contribution in [3.63, 3.8) is 0 Å². The highest BCUT2D eigenvalue weighted by Gasteiger charge is 2.40. The van der Waals surface area contributed by atoms with Crippen molar-refractivity contribution in [1.82, 2.24) is 5.32 Å². The summed E-state index contributed by atoms with van der Waals surface area (Å²) in [5.74, 6) is 1.95. The highest BCUT2D eigenvalue weighted by molar-refractivity contribution is 5.73. The van der Waals surface area contributed by atoms with Gasteiger partial charge < -0.3 is 19.5 Å². The summed E-state index contributed by atoms with van der Waals surface area (Å²) in [6.07, 6.45) is 5.64. The van der Waals surface area contributed by atoms with Gasteiger partial charge in [-0.05, 0) is 43.9 Å². The van der Waals surface area contributed by atoms with E-state index in [4.69, 9.17) is 14.2 Å². The first-order valence-electron chi connectivity index (χ1n) is 9.35. The Kier molecular flexibility index (Phi) is 5.84. The fraction of sp³-hybridized carbons (Fsp3) is 0.650. The summed E-state index contributed by atoms with van der Waals surface area (Å²) < 4.78 is 17.5. The minimum atomic E-state index is -0.0271. The summed E-state index contributed by atoms with van der Waals surface area (Å²) in [5.41, 5.74) is 1.08. The molecule has 2 fully saturated rings. The zero-order valence-electron chi connectivity index (χ0n) is 15.4. The summed E-state index contributed by atoms with van der Waals surface area (Å²) in [6.45, 7) is 4.16. The maximum Gasteiger partial charge on any atom is 0.217 e. The van der Waals surface area contributed by atoms with Crippen LogP contribution >= 0.6 is 0 Å². The van der Waals surface area contributed by atoms with Crippen molar-refractivity contribution < 1.29 is 19.0 Å². The van der Waals surface area contributed by atoms with Gasteiger partial charge in [0, 0.05) is 18.9 Å². The molecule has 3 rings (SSSR count). The Balaban J connectivity index is 1.82. The number of fused-ring (bicyclic) bond motifs is 1. The standard InChI is InChI=1S/C20H29NO4/c1-4-24-18-10-9-14(11-20(18)23-3)19-12-16(21-13(2)22)15-7-5-6-8-17(15)25-19/h9-11,15-17,19H,4-8,12H2,1-3H3,(H,21,22)/t15-,16+,17+,19+/m0/s1. The van der Waals surface area contributed by atoms with Crippen molar-refractivity contribution in [2.24, 2.45) is 5.92 Å². The van der Waals surface area contributed by atoms with E-state index in [-0.39, 0.29) is 24.2 Å². The molecule has 25 heavy (non-hydrogen) atoms. The Morgan fingerprint density at radius 2 is 2.08 bits per heavy atom. The Labute approximate surface area is 150 Å². The van der Waals surface area contributed by atoms with Crippen molar-refractivity contribution in [2.75, 3.05) is 13.7 Å². The normalized spacial score (nSPS) is 28.8. The number of amides is 1. The minimum Gasteiger partial charge on any atom is -0.493 e. The second-order valence-electron chi connectivity index (χ2n) is 7.00. The molecule has 5 heteroatoms. The lowest BCUT2D eigenvalue weighted by Gasteiger charge is -2.45. The van der Waals surface area contributed by atoms with E-state index in [1.807, 2.05) is 25.1 Å². The van der Waals surface area contributed by atoms with Crippen LogP contribution in [0.2, 0.25) is 0 Å². The van der Waals surface area contributed by atoms with E-state index in [1.165, 1.54) is 12.8 Å². The molecular weight excluding hydrogens is 318 g/mol. The van der Waals surface area contributed by atoms with Crippen LogP contribution in [0.15, 0.2) is 18.2 Å². The van der Waals surface area contributed by atoms with Crippen LogP contribution < -0.4 is 14.8 Å². The topological polar surface area (TPSA) is 56.8 Å². The van der Waals surface area contributed by atoms with Gasteiger partial charge in [0.2, 0.25) is 5.91 Å². The van der Waals surface area contributed by atoms with Gasteiger partial charge in [-0.2, -0.15) is 0 Å². The minimum absolute atomic E-state index is 0.0271. The van der Waals surface area contributed by atoms with Crippen LogP contribution in [-0.2, 0) is 9.53 Å². The first-order valence-corrected chi connectivity index (χ1v) is 9.35. The first-order chi connectivity index (χ1) is 12.1. The monoisotopic (exact) mass is 347 g/mol. The van der Waals surface area contributed by atoms with Gasteiger partial charge in [-0.1, -0.05) is 18.9 Å². The molecule has 0 unspecified atom stereocenters. The zero-order chi connectivity index (χ0) is 17.8. The number of nitrogens with one attached hydrogen (secondary N) is 1. The molecule has 4 atom stereocenters. The van der Waals surface area contributed by atoms with E-state index < -0.39 is 0 Å². The molecule has 1 amide bonds. The predicted octanol–water partition coefficient (Wildman–Crippen LogP) is 3.62. The number of hydrogen-bond acceptors (Lipinski definition) is 4. The summed E-state index contributed by atoms with van der Waals surface area (Å²) in [5, 5.41) is 3.17. The maximum atomic E-state index is 11.7. The number of carbonyl (C=O) groups is 1. The van der Waals surface area contributed by atoms with Gasteiger partial charge in [-0.3, -0.25) is 4.79 Å². The summed E-state index contributed by atoms with van der Waals surface area (Å²) in [4.78, 5) is 11.7. The second kappa shape index (κ2) is 8.09. The fourth-order valence-corrected chi connectivity index (χ4v) is 4.23. The summed E-state index contributed by atoms with van der Waals surface area (Å²) in [7, 11) is 1.65. The number of hydrogen-bond donors (Lipinski definition) is 1. The van der Waals surface area contributed by atoms with E-state index in [9.17, 15) is 4.79 Å². The Hall–Kier alpha value is -1.75. The van der Waals surface area contributed by atoms with Crippen molar-refractivity contribution in [3.05, 3.63) is 23.8 Å².